The van der Waals surface area contributed by atoms with Crippen LogP contribution in [-0.4, -0.2) is 23.5 Å². The van der Waals surface area contributed by atoms with Crippen LogP contribution in [0.2, 0.25) is 0 Å². The molecule has 1 rings (SSSR count). The second kappa shape index (κ2) is 6.91. The van der Waals surface area contributed by atoms with Crippen molar-refractivity contribution in [3.63, 3.8) is 0 Å². The predicted octanol–water partition coefficient (Wildman–Crippen LogP) is 3.50. The minimum absolute atomic E-state index is 0.139. The Labute approximate surface area is 112 Å². The zero-order valence-corrected chi connectivity index (χ0v) is 12.5. The SMILES string of the molecule is CCCN(C(C)C)C(c1ccccc1C)C(C)N. The van der Waals surface area contributed by atoms with E-state index in [1.807, 2.05) is 0 Å². The Morgan fingerprint density at radius 3 is 2.22 bits per heavy atom. The van der Waals surface area contributed by atoms with E-state index in [0.717, 1.165) is 13.0 Å². The number of benzene rings is 1. The molecule has 0 saturated heterocycles. The summed E-state index contributed by atoms with van der Waals surface area (Å²) in [6.07, 6.45) is 1.16. The van der Waals surface area contributed by atoms with Crippen LogP contribution in [0.4, 0.5) is 0 Å². The lowest BCUT2D eigenvalue weighted by atomic mass is 9.94. The number of hydrogen-bond acceptors (Lipinski definition) is 2. The van der Waals surface area contributed by atoms with Crippen LogP contribution in [0.15, 0.2) is 24.3 Å². The van der Waals surface area contributed by atoms with Gasteiger partial charge in [-0.05, 0) is 51.8 Å². The van der Waals surface area contributed by atoms with Crippen molar-refractivity contribution in [3.05, 3.63) is 35.4 Å². The molecule has 1 aromatic carbocycles. The summed E-state index contributed by atoms with van der Waals surface area (Å²) in [7, 11) is 0. The van der Waals surface area contributed by atoms with Gasteiger partial charge in [0, 0.05) is 12.1 Å². The predicted molar refractivity (Wildman–Crippen MR) is 79.7 cm³/mol. The Bertz CT molecular complexity index is 358. The van der Waals surface area contributed by atoms with E-state index in [0.29, 0.717) is 12.1 Å². The maximum atomic E-state index is 6.26. The first-order chi connectivity index (χ1) is 8.49. The fraction of sp³-hybridized carbons (Fsp3) is 0.625. The summed E-state index contributed by atoms with van der Waals surface area (Å²) in [6.45, 7) is 12.1. The molecular formula is C16H28N2. The summed E-state index contributed by atoms with van der Waals surface area (Å²) in [5, 5.41) is 0. The van der Waals surface area contributed by atoms with Gasteiger partial charge in [-0.1, -0.05) is 31.2 Å². The summed E-state index contributed by atoms with van der Waals surface area (Å²) < 4.78 is 0. The number of hydrogen-bond donors (Lipinski definition) is 1. The molecule has 0 aliphatic carbocycles. The van der Waals surface area contributed by atoms with Crippen molar-refractivity contribution in [2.24, 2.45) is 5.73 Å². The summed E-state index contributed by atoms with van der Waals surface area (Å²) in [5.74, 6) is 0. The number of rotatable bonds is 6. The van der Waals surface area contributed by atoms with Gasteiger partial charge in [0.05, 0.1) is 6.04 Å². The fourth-order valence-corrected chi connectivity index (χ4v) is 2.66. The Morgan fingerprint density at radius 2 is 1.78 bits per heavy atom. The van der Waals surface area contributed by atoms with E-state index >= 15 is 0 Å². The largest absolute Gasteiger partial charge is 0.326 e. The van der Waals surface area contributed by atoms with E-state index in [1.54, 1.807) is 0 Å². The first-order valence-corrected chi connectivity index (χ1v) is 7.05. The fourth-order valence-electron chi connectivity index (χ4n) is 2.66. The monoisotopic (exact) mass is 248 g/mol. The van der Waals surface area contributed by atoms with Crippen LogP contribution in [0.1, 0.15) is 51.3 Å². The Morgan fingerprint density at radius 1 is 1.17 bits per heavy atom. The molecule has 0 aromatic heterocycles. The molecule has 0 amide bonds. The van der Waals surface area contributed by atoms with Crippen molar-refractivity contribution in [1.82, 2.24) is 4.90 Å². The number of nitrogens with two attached hydrogens (primary N) is 1. The standard InChI is InChI=1S/C16H28N2/c1-6-11-18(12(2)3)16(14(5)17)15-10-8-7-9-13(15)4/h7-10,12,14,16H,6,11,17H2,1-5H3. The van der Waals surface area contributed by atoms with Gasteiger partial charge in [-0.15, -0.1) is 0 Å². The third-order valence-electron chi connectivity index (χ3n) is 3.51. The zero-order chi connectivity index (χ0) is 13.7. The Hall–Kier alpha value is -0.860. The van der Waals surface area contributed by atoms with E-state index in [1.165, 1.54) is 11.1 Å². The summed E-state index contributed by atoms with van der Waals surface area (Å²) >= 11 is 0. The first kappa shape index (κ1) is 15.2. The highest BCUT2D eigenvalue weighted by molar-refractivity contribution is 5.30. The van der Waals surface area contributed by atoms with Crippen LogP contribution in [-0.2, 0) is 0 Å². The molecule has 1 aromatic rings. The molecule has 0 bridgehead atoms. The highest BCUT2D eigenvalue weighted by Gasteiger charge is 2.26. The van der Waals surface area contributed by atoms with E-state index in [2.05, 4.69) is 63.8 Å². The molecule has 18 heavy (non-hydrogen) atoms. The second-order valence-corrected chi connectivity index (χ2v) is 5.49. The maximum Gasteiger partial charge on any atom is 0.0501 e. The topological polar surface area (TPSA) is 29.3 Å². The average molecular weight is 248 g/mol. The average Bonchev–Trinajstić information content (AvgIpc) is 2.30. The third-order valence-corrected chi connectivity index (χ3v) is 3.51. The molecule has 2 unspecified atom stereocenters. The summed E-state index contributed by atoms with van der Waals surface area (Å²) in [4.78, 5) is 2.52. The van der Waals surface area contributed by atoms with Gasteiger partial charge in [0.1, 0.15) is 0 Å². The van der Waals surface area contributed by atoms with E-state index in [-0.39, 0.29) is 6.04 Å². The summed E-state index contributed by atoms with van der Waals surface area (Å²) in [6, 6.07) is 9.56. The number of nitrogens with zero attached hydrogens (tertiary/aromatic N) is 1. The van der Waals surface area contributed by atoms with Gasteiger partial charge in [0.15, 0.2) is 0 Å². The van der Waals surface area contributed by atoms with Crippen LogP contribution in [0.3, 0.4) is 0 Å². The maximum absolute atomic E-state index is 6.26. The molecule has 0 fully saturated rings. The van der Waals surface area contributed by atoms with Crippen molar-refractivity contribution >= 4 is 0 Å². The highest BCUT2D eigenvalue weighted by Crippen LogP contribution is 2.28. The third kappa shape index (κ3) is 3.56. The molecule has 0 heterocycles. The smallest absolute Gasteiger partial charge is 0.0501 e. The van der Waals surface area contributed by atoms with Crippen LogP contribution in [0.5, 0.6) is 0 Å². The molecule has 0 radical (unpaired) electrons. The first-order valence-electron chi connectivity index (χ1n) is 7.05. The molecule has 0 aliphatic heterocycles. The molecule has 102 valence electrons. The molecule has 0 aliphatic rings. The van der Waals surface area contributed by atoms with Crippen LogP contribution in [0.25, 0.3) is 0 Å². The zero-order valence-electron chi connectivity index (χ0n) is 12.5. The minimum atomic E-state index is 0.139. The normalized spacial score (nSPS) is 15.1. The molecule has 2 heteroatoms. The lowest BCUT2D eigenvalue weighted by molar-refractivity contribution is 0.135. The van der Waals surface area contributed by atoms with Crippen molar-refractivity contribution in [1.29, 1.82) is 0 Å². The lowest BCUT2D eigenvalue weighted by Crippen LogP contribution is -2.43. The van der Waals surface area contributed by atoms with Crippen molar-refractivity contribution in [2.75, 3.05) is 6.54 Å². The summed E-state index contributed by atoms with van der Waals surface area (Å²) in [5.41, 5.74) is 8.97. The van der Waals surface area contributed by atoms with Gasteiger partial charge >= 0.3 is 0 Å². The molecule has 2 atom stereocenters. The van der Waals surface area contributed by atoms with Gasteiger partial charge < -0.3 is 5.73 Å². The molecule has 2 nitrogen and oxygen atoms in total. The van der Waals surface area contributed by atoms with Crippen molar-refractivity contribution in [3.8, 4) is 0 Å². The van der Waals surface area contributed by atoms with Gasteiger partial charge in [-0.2, -0.15) is 0 Å². The molecule has 0 saturated carbocycles. The Kier molecular flexibility index (Phi) is 5.83. The van der Waals surface area contributed by atoms with Gasteiger partial charge in [-0.25, -0.2) is 0 Å². The number of aryl methyl sites for hydroxylation is 1. The quantitative estimate of drug-likeness (QED) is 0.835. The van der Waals surface area contributed by atoms with Crippen molar-refractivity contribution in [2.45, 2.75) is 59.2 Å². The highest BCUT2D eigenvalue weighted by atomic mass is 15.2. The van der Waals surface area contributed by atoms with Crippen LogP contribution >= 0.6 is 0 Å². The van der Waals surface area contributed by atoms with E-state index in [9.17, 15) is 0 Å². The molecular weight excluding hydrogens is 220 g/mol. The Balaban J connectivity index is 3.12. The molecule has 2 N–H and O–H groups in total. The van der Waals surface area contributed by atoms with Crippen LogP contribution < -0.4 is 5.73 Å². The molecule has 0 spiro atoms. The lowest BCUT2D eigenvalue weighted by Gasteiger charge is -2.38. The van der Waals surface area contributed by atoms with E-state index in [4.69, 9.17) is 5.73 Å². The van der Waals surface area contributed by atoms with Gasteiger partial charge in [-0.3, -0.25) is 4.90 Å². The van der Waals surface area contributed by atoms with Gasteiger partial charge in [0.2, 0.25) is 0 Å². The van der Waals surface area contributed by atoms with Crippen molar-refractivity contribution < 1.29 is 0 Å². The van der Waals surface area contributed by atoms with E-state index < -0.39 is 0 Å². The minimum Gasteiger partial charge on any atom is -0.326 e. The van der Waals surface area contributed by atoms with Crippen LogP contribution in [0, 0.1) is 6.92 Å². The van der Waals surface area contributed by atoms with Gasteiger partial charge in [0.25, 0.3) is 0 Å². The second-order valence-electron chi connectivity index (χ2n) is 5.49.